The smallest absolute Gasteiger partial charge is 0.306 e. The number of nitrogens with zero attached hydrogens (tertiary/aromatic N) is 5. The van der Waals surface area contributed by atoms with Gasteiger partial charge in [0.2, 0.25) is 5.95 Å². The summed E-state index contributed by atoms with van der Waals surface area (Å²) in [4.78, 5) is 16.4. The summed E-state index contributed by atoms with van der Waals surface area (Å²) in [5.74, 6) is 1.48. The first-order chi connectivity index (χ1) is 14.7. The Morgan fingerprint density at radius 1 is 1.06 bits per heavy atom. The van der Waals surface area contributed by atoms with E-state index in [2.05, 4.69) is 20.2 Å². The van der Waals surface area contributed by atoms with Gasteiger partial charge in [-0.05, 0) is 62.2 Å². The number of fused-ring (bicyclic) bond motifs is 4. The Hall–Kier alpha value is -2.91. The Kier molecular flexibility index (Phi) is 5.15. The Labute approximate surface area is 185 Å². The highest BCUT2D eigenvalue weighted by Crippen LogP contribution is 2.33. The molecule has 0 radical (unpaired) electrons. The van der Waals surface area contributed by atoms with Crippen LogP contribution in [0.5, 0.6) is 0 Å². The predicted octanol–water partition coefficient (Wildman–Crippen LogP) is 3.81. The fourth-order valence-electron chi connectivity index (χ4n) is 4.69. The molecule has 3 aliphatic rings. The Bertz CT molecular complexity index is 1200. The van der Waals surface area contributed by atoms with E-state index in [1.54, 1.807) is 24.6 Å². The zero-order valence-corrected chi connectivity index (χ0v) is 17.8. The van der Waals surface area contributed by atoms with E-state index >= 15 is 0 Å². The highest BCUT2D eigenvalue weighted by Gasteiger charge is 2.34. The minimum Gasteiger partial charge on any atom is -0.432 e. The third kappa shape index (κ3) is 3.57. The van der Waals surface area contributed by atoms with E-state index in [0.717, 1.165) is 23.5 Å². The minimum atomic E-state index is -0.283. The normalized spacial score (nSPS) is 22.4. The zero-order chi connectivity index (χ0) is 20.1. The van der Waals surface area contributed by atoms with Gasteiger partial charge >= 0.3 is 5.84 Å². The van der Waals surface area contributed by atoms with E-state index in [0.29, 0.717) is 29.4 Å². The summed E-state index contributed by atoms with van der Waals surface area (Å²) in [6, 6.07) is 8.54. The van der Waals surface area contributed by atoms with Crippen LogP contribution in [0.2, 0.25) is 0 Å². The quantitative estimate of drug-likeness (QED) is 0.523. The lowest BCUT2D eigenvalue weighted by molar-refractivity contribution is 0.0972. The first kappa shape index (κ1) is 20.0. The van der Waals surface area contributed by atoms with E-state index in [1.807, 2.05) is 16.7 Å². The largest absolute Gasteiger partial charge is 0.432 e. The van der Waals surface area contributed by atoms with Crippen molar-refractivity contribution in [2.75, 3.05) is 25.0 Å². The van der Waals surface area contributed by atoms with Gasteiger partial charge in [-0.1, -0.05) is 0 Å². The fraction of sp³-hybridized carbons (Fsp3) is 0.318. The molecule has 0 amide bonds. The summed E-state index contributed by atoms with van der Waals surface area (Å²) in [6.07, 6.45) is 7.62. The molecule has 1 aromatic carbocycles. The Morgan fingerprint density at radius 3 is 2.61 bits per heavy atom. The predicted molar refractivity (Wildman–Crippen MR) is 121 cm³/mol. The lowest BCUT2D eigenvalue weighted by Crippen LogP contribution is -2.53. The molecule has 2 bridgehead atoms. The highest BCUT2D eigenvalue weighted by molar-refractivity contribution is 7.59. The van der Waals surface area contributed by atoms with Gasteiger partial charge in [-0.15, -0.1) is 0 Å². The number of hydrogen-bond donors (Lipinski definition) is 1. The van der Waals surface area contributed by atoms with Crippen molar-refractivity contribution in [1.29, 1.82) is 0 Å². The van der Waals surface area contributed by atoms with Gasteiger partial charge in [-0.25, -0.2) is 14.4 Å². The molecule has 3 aromatic heterocycles. The highest BCUT2D eigenvalue weighted by atomic mass is 32.1. The van der Waals surface area contributed by atoms with Crippen LogP contribution < -0.4 is 5.32 Å². The maximum atomic E-state index is 13.4. The molecule has 1 N–H and O–H groups in total. The number of piperidine rings is 3. The Balaban J connectivity index is 0.00000204. The average Bonchev–Trinajstić information content (AvgIpc) is 3.37. The molecule has 3 aliphatic heterocycles. The van der Waals surface area contributed by atoms with Gasteiger partial charge in [-0.2, -0.15) is 18.5 Å². The molecule has 4 aromatic rings. The molecule has 160 valence electrons. The van der Waals surface area contributed by atoms with Crippen molar-refractivity contribution in [1.82, 2.24) is 24.3 Å². The molecule has 1 atom stereocenters. The monoisotopic (exact) mass is 438 g/mol. The molecule has 7 rings (SSSR count). The minimum absolute atomic E-state index is 0. The van der Waals surface area contributed by atoms with Crippen LogP contribution in [0, 0.1) is 11.7 Å². The van der Waals surface area contributed by atoms with Crippen LogP contribution in [0.4, 0.5) is 10.3 Å². The summed E-state index contributed by atoms with van der Waals surface area (Å²) >= 11 is 0. The van der Waals surface area contributed by atoms with Crippen molar-refractivity contribution in [3.05, 3.63) is 54.8 Å². The molecule has 6 heterocycles. The van der Waals surface area contributed by atoms with Gasteiger partial charge in [0.15, 0.2) is 0 Å². The lowest BCUT2D eigenvalue weighted by atomic mass is 9.84. The SMILES string of the molecule is Fc1ccc(-c2nc3occn3c2-c2ccnc(N[C@@H]3CN4CCC3CC4)n2)cc1.S. The number of imidazole rings is 1. The number of benzene rings is 1. The summed E-state index contributed by atoms with van der Waals surface area (Å²) in [5.41, 5.74) is 3.03. The number of anilines is 1. The second-order valence-corrected chi connectivity index (χ2v) is 8.03. The van der Waals surface area contributed by atoms with Gasteiger partial charge in [-0.3, -0.25) is 4.40 Å². The molecule has 3 saturated heterocycles. The standard InChI is InChI=1S/C22H21FN6O.H2S/c23-16-3-1-15(2-4-16)19-20(29-11-12-30-22(29)27-19)17-5-8-24-21(25-17)26-18-13-28-9-6-14(18)7-10-28;/h1-5,8,11-12,14,18H,6-7,9-10,13H2,(H,24,25,26);1H2/t18-;/m1./s1. The molecule has 0 spiro atoms. The maximum Gasteiger partial charge on any atom is 0.306 e. The van der Waals surface area contributed by atoms with Crippen LogP contribution in [-0.4, -0.2) is 49.9 Å². The molecular weight excluding hydrogens is 415 g/mol. The van der Waals surface area contributed by atoms with Crippen LogP contribution in [-0.2, 0) is 0 Å². The van der Waals surface area contributed by atoms with Crippen LogP contribution in [0.3, 0.4) is 0 Å². The number of rotatable bonds is 4. The number of oxazole rings is 1. The summed E-state index contributed by atoms with van der Waals surface area (Å²) in [7, 11) is 0. The van der Waals surface area contributed by atoms with E-state index < -0.39 is 0 Å². The van der Waals surface area contributed by atoms with E-state index in [4.69, 9.17) is 9.40 Å². The van der Waals surface area contributed by atoms with Crippen LogP contribution in [0.1, 0.15) is 12.8 Å². The van der Waals surface area contributed by atoms with E-state index in [9.17, 15) is 4.39 Å². The second-order valence-electron chi connectivity index (χ2n) is 8.03. The van der Waals surface area contributed by atoms with Gasteiger partial charge in [0.1, 0.15) is 23.5 Å². The van der Waals surface area contributed by atoms with Gasteiger partial charge < -0.3 is 14.6 Å². The number of hydrogen-bond acceptors (Lipinski definition) is 6. The number of nitrogens with one attached hydrogen (secondary N) is 1. The molecule has 0 aliphatic carbocycles. The summed E-state index contributed by atoms with van der Waals surface area (Å²) < 4.78 is 20.8. The number of aromatic nitrogens is 4. The first-order valence-electron chi connectivity index (χ1n) is 10.3. The molecule has 0 unspecified atom stereocenters. The number of halogens is 1. The Morgan fingerprint density at radius 2 is 1.87 bits per heavy atom. The molecule has 9 heteroatoms. The first-order valence-corrected chi connectivity index (χ1v) is 10.3. The van der Waals surface area contributed by atoms with Crippen molar-refractivity contribution >= 4 is 25.3 Å². The maximum absolute atomic E-state index is 13.4. The topological polar surface area (TPSA) is 71.5 Å². The molecule has 31 heavy (non-hydrogen) atoms. The third-order valence-electron chi connectivity index (χ3n) is 6.25. The van der Waals surface area contributed by atoms with Gasteiger partial charge in [0, 0.05) is 30.5 Å². The van der Waals surface area contributed by atoms with E-state index in [-0.39, 0.29) is 19.3 Å². The molecule has 3 fully saturated rings. The van der Waals surface area contributed by atoms with Gasteiger partial charge in [0.05, 0.1) is 5.69 Å². The fourth-order valence-corrected chi connectivity index (χ4v) is 4.69. The summed E-state index contributed by atoms with van der Waals surface area (Å²) in [5, 5.41) is 3.56. The van der Waals surface area contributed by atoms with Crippen LogP contribution >= 0.6 is 13.5 Å². The molecular formula is C22H23FN6OS. The molecule has 7 nitrogen and oxygen atoms in total. The van der Waals surface area contributed by atoms with Crippen molar-refractivity contribution in [2.45, 2.75) is 18.9 Å². The lowest BCUT2D eigenvalue weighted by Gasteiger charge is -2.44. The van der Waals surface area contributed by atoms with Crippen molar-refractivity contribution in [3.63, 3.8) is 0 Å². The van der Waals surface area contributed by atoms with E-state index in [1.165, 1.54) is 38.1 Å². The van der Waals surface area contributed by atoms with Crippen LogP contribution in [0.15, 0.2) is 53.4 Å². The third-order valence-corrected chi connectivity index (χ3v) is 6.25. The van der Waals surface area contributed by atoms with Crippen LogP contribution in [0.25, 0.3) is 28.5 Å². The summed E-state index contributed by atoms with van der Waals surface area (Å²) in [6.45, 7) is 3.43. The molecule has 0 saturated carbocycles. The zero-order valence-electron chi connectivity index (χ0n) is 16.8. The average molecular weight is 439 g/mol. The van der Waals surface area contributed by atoms with Crippen molar-refractivity contribution in [3.8, 4) is 22.6 Å². The second kappa shape index (κ2) is 7.97. The van der Waals surface area contributed by atoms with Gasteiger partial charge in [0.25, 0.3) is 0 Å². The van der Waals surface area contributed by atoms with Crippen molar-refractivity contribution in [2.24, 2.45) is 5.92 Å². The van der Waals surface area contributed by atoms with Crippen molar-refractivity contribution < 1.29 is 8.81 Å².